The lowest BCUT2D eigenvalue weighted by Gasteiger charge is -2.15. The minimum absolute atomic E-state index is 0.0469. The summed E-state index contributed by atoms with van der Waals surface area (Å²) < 4.78 is 25.9. The van der Waals surface area contributed by atoms with Gasteiger partial charge in [-0.3, -0.25) is 19.6 Å². The molecule has 0 aliphatic rings. The minimum Gasteiger partial charge on any atom is -0.478 e. The van der Waals surface area contributed by atoms with Gasteiger partial charge in [0.25, 0.3) is 21.9 Å². The Balaban J connectivity index is 0.000000976. The maximum absolute atomic E-state index is 13.0. The topological polar surface area (TPSA) is 200 Å². The first-order valence-electron chi connectivity index (χ1n) is 11.7. The molecule has 3 aromatic carbocycles. The van der Waals surface area contributed by atoms with Crippen LogP contribution in [-0.4, -0.2) is 54.0 Å². The molecule has 0 aliphatic heterocycles. The average Bonchev–Trinajstić information content (AvgIpc) is 2.87. The third kappa shape index (κ3) is 9.36. The third-order valence-corrected chi connectivity index (χ3v) is 5.42. The van der Waals surface area contributed by atoms with E-state index in [2.05, 4.69) is 10.6 Å². The van der Waals surface area contributed by atoms with Crippen molar-refractivity contribution >= 4 is 39.4 Å². The second-order valence-electron chi connectivity index (χ2n) is 8.57. The number of anilines is 1. The number of carboxylic acid groups (broad SMARTS) is 1. The van der Waals surface area contributed by atoms with Crippen LogP contribution in [0.3, 0.4) is 0 Å². The van der Waals surface area contributed by atoms with E-state index in [9.17, 15) is 27.9 Å². The van der Waals surface area contributed by atoms with E-state index >= 15 is 0 Å². The van der Waals surface area contributed by atoms with Gasteiger partial charge in [-0.15, -0.1) is 0 Å². The highest BCUT2D eigenvalue weighted by molar-refractivity contribution is 7.85. The molecule has 39 heavy (non-hydrogen) atoms. The van der Waals surface area contributed by atoms with E-state index in [0.717, 1.165) is 6.42 Å². The monoisotopic (exact) mass is 554 g/mol. The van der Waals surface area contributed by atoms with Crippen molar-refractivity contribution in [2.24, 2.45) is 5.73 Å². The molecule has 0 aromatic heterocycles. The van der Waals surface area contributed by atoms with Crippen molar-refractivity contribution in [3.05, 3.63) is 89.0 Å². The van der Waals surface area contributed by atoms with Gasteiger partial charge < -0.3 is 21.5 Å². The molecule has 206 valence electrons. The molecular weight excluding hydrogens is 524 g/mol. The van der Waals surface area contributed by atoms with Crippen LogP contribution in [0.4, 0.5) is 5.69 Å². The van der Waals surface area contributed by atoms with Crippen LogP contribution in [0.25, 0.3) is 11.1 Å². The molecule has 0 fully saturated rings. The number of hydrogen-bond acceptors (Lipinski definition) is 6. The van der Waals surface area contributed by atoms with Crippen LogP contribution < -0.4 is 16.4 Å². The van der Waals surface area contributed by atoms with Crippen molar-refractivity contribution in [2.45, 2.75) is 26.3 Å². The molecule has 1 unspecified atom stereocenters. The summed E-state index contributed by atoms with van der Waals surface area (Å²) in [4.78, 5) is 37.6. The van der Waals surface area contributed by atoms with Crippen molar-refractivity contribution in [3.8, 4) is 11.1 Å². The summed E-state index contributed by atoms with van der Waals surface area (Å²) in [5.41, 5.74) is 7.66. The zero-order valence-electron chi connectivity index (χ0n) is 21.6. The smallest absolute Gasteiger partial charge is 0.336 e. The van der Waals surface area contributed by atoms with Crippen molar-refractivity contribution in [1.82, 2.24) is 5.32 Å². The maximum atomic E-state index is 13.0. The molecule has 3 aromatic rings. The summed E-state index contributed by atoms with van der Waals surface area (Å²) in [5, 5.41) is 22.9. The molecule has 3 rings (SSSR count). The number of amidine groups is 1. The predicted octanol–water partition coefficient (Wildman–Crippen LogP) is 3.62. The number of aromatic carboxylic acids is 1. The van der Waals surface area contributed by atoms with Gasteiger partial charge in [0.1, 0.15) is 5.84 Å². The highest BCUT2D eigenvalue weighted by Gasteiger charge is 2.20. The number of carbonyl (C=O) groups is 3. The maximum Gasteiger partial charge on any atom is 0.336 e. The number of carboxylic acids is 1. The van der Waals surface area contributed by atoms with Crippen molar-refractivity contribution in [3.63, 3.8) is 0 Å². The fourth-order valence-corrected chi connectivity index (χ4v) is 3.35. The molecule has 0 saturated heterocycles. The van der Waals surface area contributed by atoms with Gasteiger partial charge in [0, 0.05) is 28.4 Å². The molecule has 7 N–H and O–H groups in total. The Bertz CT molecular complexity index is 1480. The molecule has 2 amide bonds. The van der Waals surface area contributed by atoms with E-state index in [1.54, 1.807) is 60.7 Å². The zero-order chi connectivity index (χ0) is 29.3. The van der Waals surface area contributed by atoms with E-state index in [0.29, 0.717) is 28.6 Å². The van der Waals surface area contributed by atoms with Gasteiger partial charge in [0.05, 0.1) is 11.8 Å². The first-order valence-corrected chi connectivity index (χ1v) is 13.5. The molecular formula is C27H30N4O7S. The SMILES string of the molecule is CCC(C)NC(=O)c1ccc(-c2ccccc2C(=O)Nc2ccc(C(=N)N)cc2)c(C(=O)O)c1.CS(=O)(=O)O. The van der Waals surface area contributed by atoms with Crippen LogP contribution in [0.5, 0.6) is 0 Å². The number of benzene rings is 3. The fraction of sp³-hybridized carbons (Fsp3) is 0.185. The Labute approximate surface area is 226 Å². The quantitative estimate of drug-likeness (QED) is 0.138. The van der Waals surface area contributed by atoms with Crippen LogP contribution in [-0.2, 0) is 10.1 Å². The normalized spacial score (nSPS) is 11.4. The molecule has 11 nitrogen and oxygen atoms in total. The summed E-state index contributed by atoms with van der Waals surface area (Å²) in [6, 6.07) is 17.5. The fourth-order valence-electron chi connectivity index (χ4n) is 3.35. The summed E-state index contributed by atoms with van der Waals surface area (Å²) in [6.07, 6.45) is 1.46. The van der Waals surface area contributed by atoms with E-state index in [4.69, 9.17) is 15.7 Å². The van der Waals surface area contributed by atoms with Crippen LogP contribution in [0, 0.1) is 5.41 Å². The van der Waals surface area contributed by atoms with E-state index in [1.807, 2.05) is 13.8 Å². The third-order valence-electron chi connectivity index (χ3n) is 5.42. The average molecular weight is 555 g/mol. The minimum atomic E-state index is -3.67. The molecule has 0 heterocycles. The van der Waals surface area contributed by atoms with Crippen molar-refractivity contribution in [2.75, 3.05) is 11.6 Å². The number of rotatable bonds is 8. The van der Waals surface area contributed by atoms with Gasteiger partial charge in [-0.2, -0.15) is 8.42 Å². The summed E-state index contributed by atoms with van der Waals surface area (Å²) in [6.45, 7) is 3.81. The largest absolute Gasteiger partial charge is 0.478 e. The van der Waals surface area contributed by atoms with E-state index < -0.39 is 22.0 Å². The molecule has 0 spiro atoms. The van der Waals surface area contributed by atoms with Crippen LogP contribution in [0.1, 0.15) is 56.9 Å². The lowest BCUT2D eigenvalue weighted by molar-refractivity contribution is 0.0697. The van der Waals surface area contributed by atoms with E-state index in [1.165, 1.54) is 6.07 Å². The second kappa shape index (κ2) is 13.3. The van der Waals surface area contributed by atoms with Crippen LogP contribution >= 0.6 is 0 Å². The summed E-state index contributed by atoms with van der Waals surface area (Å²) in [7, 11) is -3.67. The van der Waals surface area contributed by atoms with Gasteiger partial charge in [0.15, 0.2) is 0 Å². The Kier molecular flexibility index (Phi) is 10.5. The number of carbonyl (C=O) groups excluding carboxylic acids is 2. The molecule has 0 radical (unpaired) electrons. The van der Waals surface area contributed by atoms with Gasteiger partial charge in [-0.1, -0.05) is 31.2 Å². The highest BCUT2D eigenvalue weighted by atomic mass is 32.2. The predicted molar refractivity (Wildman–Crippen MR) is 149 cm³/mol. The van der Waals surface area contributed by atoms with Crippen molar-refractivity contribution < 1.29 is 32.5 Å². The Morgan fingerprint density at radius 1 is 0.923 bits per heavy atom. The first-order chi connectivity index (χ1) is 18.2. The summed E-state index contributed by atoms with van der Waals surface area (Å²) in [5.74, 6) is -2.07. The molecule has 0 saturated carbocycles. The van der Waals surface area contributed by atoms with Crippen LogP contribution in [0.15, 0.2) is 66.7 Å². The number of amides is 2. The van der Waals surface area contributed by atoms with Crippen molar-refractivity contribution in [1.29, 1.82) is 5.41 Å². The Morgan fingerprint density at radius 3 is 2.00 bits per heavy atom. The molecule has 0 aliphatic carbocycles. The molecule has 0 bridgehead atoms. The van der Waals surface area contributed by atoms with Gasteiger partial charge >= 0.3 is 5.97 Å². The molecule has 12 heteroatoms. The lowest BCUT2D eigenvalue weighted by Crippen LogP contribution is -2.32. The van der Waals surface area contributed by atoms with Gasteiger partial charge in [0.2, 0.25) is 0 Å². The van der Waals surface area contributed by atoms with Crippen LogP contribution in [0.2, 0.25) is 0 Å². The van der Waals surface area contributed by atoms with Gasteiger partial charge in [-0.05, 0) is 66.9 Å². The second-order valence-corrected chi connectivity index (χ2v) is 10.0. The Morgan fingerprint density at radius 2 is 1.46 bits per heavy atom. The number of nitrogens with two attached hydrogens (primary N) is 1. The standard InChI is InChI=1S/C26H26N4O4.CH4O3S/c1-3-15(2)29-24(31)17-10-13-20(22(14-17)26(33)34)19-6-4-5-7-21(19)25(32)30-18-11-8-16(9-12-18)23(27)28;1-5(2,3)4/h4-15H,3H2,1-2H3,(H3,27,28)(H,29,31)(H,30,32)(H,33,34);1H3,(H,2,3,4). The first kappa shape index (κ1) is 30.7. The highest BCUT2D eigenvalue weighted by Crippen LogP contribution is 2.29. The number of nitrogen functional groups attached to an aromatic ring is 1. The summed E-state index contributed by atoms with van der Waals surface area (Å²) >= 11 is 0. The Hall–Kier alpha value is -4.55. The van der Waals surface area contributed by atoms with E-state index in [-0.39, 0.29) is 34.5 Å². The number of hydrogen-bond donors (Lipinski definition) is 6. The lowest BCUT2D eigenvalue weighted by atomic mass is 9.93. The number of nitrogens with one attached hydrogen (secondary N) is 3. The molecule has 1 atom stereocenters. The zero-order valence-corrected chi connectivity index (χ0v) is 22.4. The van der Waals surface area contributed by atoms with Gasteiger partial charge in [-0.25, -0.2) is 4.79 Å².